The summed E-state index contributed by atoms with van der Waals surface area (Å²) in [5.41, 5.74) is 6.79. The highest BCUT2D eigenvalue weighted by atomic mass is 32.1. The fourth-order valence-corrected chi connectivity index (χ4v) is 3.90. The lowest BCUT2D eigenvalue weighted by Gasteiger charge is -2.07. The lowest BCUT2D eigenvalue weighted by atomic mass is 10.3. The Labute approximate surface area is 168 Å². The molecule has 3 N–H and O–H groups in total. The summed E-state index contributed by atoms with van der Waals surface area (Å²) in [5.74, 6) is 0.00936. The van der Waals surface area contributed by atoms with Crippen molar-refractivity contribution in [2.45, 2.75) is 6.61 Å². The highest BCUT2D eigenvalue weighted by Gasteiger charge is 2.15. The minimum absolute atomic E-state index is 0.0353. The van der Waals surface area contributed by atoms with Crippen molar-refractivity contribution in [3.8, 4) is 9.88 Å². The standard InChI is InChI=1S/C18H14N6O2S2/c19-17-22-14(23-18(24-17)20-11-5-2-1-3-6-11)9-26-16(25)12-10-28-15(21-12)13-7-4-8-27-13/h1-8,10H,9H2,(H3,19,20,22,23,24). The van der Waals surface area contributed by atoms with E-state index in [0.29, 0.717) is 0 Å². The van der Waals surface area contributed by atoms with Crippen molar-refractivity contribution >= 4 is 46.2 Å². The molecule has 8 nitrogen and oxygen atoms in total. The zero-order valence-corrected chi connectivity index (χ0v) is 16.0. The lowest BCUT2D eigenvalue weighted by molar-refractivity contribution is 0.0456. The van der Waals surface area contributed by atoms with E-state index in [2.05, 4.69) is 25.3 Å². The molecule has 0 saturated carbocycles. The number of esters is 1. The van der Waals surface area contributed by atoms with Gasteiger partial charge in [0, 0.05) is 11.1 Å². The summed E-state index contributed by atoms with van der Waals surface area (Å²) >= 11 is 2.95. The molecule has 0 amide bonds. The number of anilines is 3. The van der Waals surface area contributed by atoms with E-state index in [1.807, 2.05) is 47.8 Å². The van der Waals surface area contributed by atoms with Crippen LogP contribution >= 0.6 is 22.7 Å². The van der Waals surface area contributed by atoms with Gasteiger partial charge in [0.05, 0.1) is 4.88 Å². The predicted molar refractivity (Wildman–Crippen MR) is 109 cm³/mol. The van der Waals surface area contributed by atoms with Crippen molar-refractivity contribution in [2.24, 2.45) is 0 Å². The summed E-state index contributed by atoms with van der Waals surface area (Å²) in [6.07, 6.45) is 0. The number of carbonyl (C=O) groups is 1. The fraction of sp³-hybridized carbons (Fsp3) is 0.0556. The zero-order chi connectivity index (χ0) is 19.3. The molecular weight excluding hydrogens is 396 g/mol. The van der Waals surface area contributed by atoms with Crippen LogP contribution in [0.15, 0.2) is 53.2 Å². The lowest BCUT2D eigenvalue weighted by Crippen LogP contribution is -2.11. The molecule has 0 bridgehead atoms. The summed E-state index contributed by atoms with van der Waals surface area (Å²) in [6.45, 7) is -0.138. The molecule has 4 rings (SSSR count). The number of para-hydroxylation sites is 1. The first-order valence-corrected chi connectivity index (χ1v) is 9.92. The third kappa shape index (κ3) is 4.30. The summed E-state index contributed by atoms with van der Waals surface area (Å²) in [5, 5.41) is 7.44. The number of thiazole rings is 1. The van der Waals surface area contributed by atoms with Crippen LogP contribution in [0.1, 0.15) is 16.3 Å². The average Bonchev–Trinajstić information content (AvgIpc) is 3.38. The Morgan fingerprint density at radius 3 is 2.68 bits per heavy atom. The van der Waals surface area contributed by atoms with Crippen LogP contribution in [0.4, 0.5) is 17.6 Å². The predicted octanol–water partition coefficient (Wildman–Crippen LogP) is 3.74. The molecule has 0 fully saturated rings. The van der Waals surface area contributed by atoms with E-state index in [0.717, 1.165) is 15.6 Å². The first kappa shape index (κ1) is 18.0. The maximum atomic E-state index is 12.3. The molecule has 28 heavy (non-hydrogen) atoms. The smallest absolute Gasteiger partial charge is 0.358 e. The molecule has 0 spiro atoms. The van der Waals surface area contributed by atoms with Gasteiger partial charge in [0.25, 0.3) is 0 Å². The van der Waals surface area contributed by atoms with Gasteiger partial charge in [-0.1, -0.05) is 24.3 Å². The van der Waals surface area contributed by atoms with Crippen molar-refractivity contribution in [1.29, 1.82) is 0 Å². The number of thiophene rings is 1. The molecule has 0 aliphatic carbocycles. The molecule has 3 heterocycles. The number of rotatable bonds is 6. The Balaban J connectivity index is 1.42. The van der Waals surface area contributed by atoms with Crippen molar-refractivity contribution in [3.05, 3.63) is 64.7 Å². The molecule has 10 heteroatoms. The summed E-state index contributed by atoms with van der Waals surface area (Å²) in [6, 6.07) is 13.3. The van der Waals surface area contributed by atoms with Crippen LogP contribution in [0.25, 0.3) is 9.88 Å². The van der Waals surface area contributed by atoms with Gasteiger partial charge in [0.2, 0.25) is 11.9 Å². The number of aromatic nitrogens is 4. The van der Waals surface area contributed by atoms with E-state index >= 15 is 0 Å². The summed E-state index contributed by atoms with van der Waals surface area (Å²) < 4.78 is 5.28. The molecule has 0 aliphatic heterocycles. The Hall–Kier alpha value is -3.37. The molecule has 0 atom stereocenters. The van der Waals surface area contributed by atoms with Gasteiger partial charge in [0.15, 0.2) is 18.1 Å². The number of benzene rings is 1. The molecule has 140 valence electrons. The third-order valence-electron chi connectivity index (χ3n) is 3.51. The summed E-state index contributed by atoms with van der Waals surface area (Å²) in [7, 11) is 0. The van der Waals surface area contributed by atoms with E-state index in [4.69, 9.17) is 10.5 Å². The number of carbonyl (C=O) groups excluding carboxylic acids is 1. The van der Waals surface area contributed by atoms with Gasteiger partial charge in [-0.25, -0.2) is 9.78 Å². The van der Waals surface area contributed by atoms with Gasteiger partial charge in [-0.3, -0.25) is 0 Å². The molecule has 0 unspecified atom stereocenters. The number of nitrogens with two attached hydrogens (primary N) is 1. The van der Waals surface area contributed by atoms with Crippen LogP contribution in [0.5, 0.6) is 0 Å². The highest BCUT2D eigenvalue weighted by molar-refractivity contribution is 7.20. The second-order valence-electron chi connectivity index (χ2n) is 5.52. The zero-order valence-electron chi connectivity index (χ0n) is 14.4. The van der Waals surface area contributed by atoms with Gasteiger partial charge in [-0.15, -0.1) is 22.7 Å². The monoisotopic (exact) mass is 410 g/mol. The third-order valence-corrected chi connectivity index (χ3v) is 5.39. The fourth-order valence-electron chi connectivity index (χ4n) is 2.29. The second kappa shape index (κ2) is 8.11. The van der Waals surface area contributed by atoms with E-state index in [9.17, 15) is 4.79 Å². The molecule has 1 aromatic carbocycles. The maximum absolute atomic E-state index is 12.3. The number of nitrogens with zero attached hydrogens (tertiary/aromatic N) is 4. The van der Waals surface area contributed by atoms with E-state index in [1.165, 1.54) is 11.3 Å². The van der Waals surface area contributed by atoms with Crippen molar-refractivity contribution in [1.82, 2.24) is 19.9 Å². The van der Waals surface area contributed by atoms with Crippen LogP contribution in [-0.4, -0.2) is 25.9 Å². The molecule has 0 saturated heterocycles. The quantitative estimate of drug-likeness (QED) is 0.462. The maximum Gasteiger partial charge on any atom is 0.358 e. The largest absolute Gasteiger partial charge is 0.453 e. The van der Waals surface area contributed by atoms with Crippen LogP contribution < -0.4 is 11.1 Å². The Kier molecular flexibility index (Phi) is 5.22. The normalized spacial score (nSPS) is 10.6. The number of hydrogen-bond donors (Lipinski definition) is 2. The van der Waals surface area contributed by atoms with Crippen LogP contribution in [0.3, 0.4) is 0 Å². The van der Waals surface area contributed by atoms with E-state index in [-0.39, 0.29) is 30.0 Å². The van der Waals surface area contributed by atoms with Crippen LogP contribution in [0.2, 0.25) is 0 Å². The van der Waals surface area contributed by atoms with Crippen molar-refractivity contribution in [3.63, 3.8) is 0 Å². The van der Waals surface area contributed by atoms with Gasteiger partial charge < -0.3 is 15.8 Å². The van der Waals surface area contributed by atoms with Gasteiger partial charge in [-0.05, 0) is 23.6 Å². The number of hydrogen-bond acceptors (Lipinski definition) is 10. The van der Waals surface area contributed by atoms with E-state index < -0.39 is 5.97 Å². The Morgan fingerprint density at radius 1 is 1.04 bits per heavy atom. The first-order chi connectivity index (χ1) is 13.7. The molecule has 3 aromatic heterocycles. The van der Waals surface area contributed by atoms with Gasteiger partial charge in [-0.2, -0.15) is 15.0 Å². The van der Waals surface area contributed by atoms with Crippen LogP contribution in [0, 0.1) is 0 Å². The average molecular weight is 410 g/mol. The SMILES string of the molecule is Nc1nc(COC(=O)c2csc(-c3cccs3)n2)nc(Nc2ccccc2)n1. The molecule has 0 radical (unpaired) electrons. The van der Waals surface area contributed by atoms with Gasteiger partial charge in [0.1, 0.15) is 5.01 Å². The summed E-state index contributed by atoms with van der Waals surface area (Å²) in [4.78, 5) is 29.9. The van der Waals surface area contributed by atoms with E-state index in [1.54, 1.807) is 16.7 Å². The molecular formula is C18H14N6O2S2. The first-order valence-electron chi connectivity index (χ1n) is 8.16. The van der Waals surface area contributed by atoms with Gasteiger partial charge >= 0.3 is 5.97 Å². The Morgan fingerprint density at radius 2 is 1.89 bits per heavy atom. The second-order valence-corrected chi connectivity index (χ2v) is 7.32. The van der Waals surface area contributed by atoms with Crippen molar-refractivity contribution in [2.75, 3.05) is 11.1 Å². The Bertz CT molecular complexity index is 1080. The highest BCUT2D eigenvalue weighted by Crippen LogP contribution is 2.28. The molecule has 4 aromatic rings. The number of nitrogens with one attached hydrogen (secondary N) is 1. The number of ether oxygens (including phenoxy) is 1. The van der Waals surface area contributed by atoms with Crippen molar-refractivity contribution < 1.29 is 9.53 Å². The molecule has 0 aliphatic rings. The number of nitrogen functional groups attached to an aromatic ring is 1. The van der Waals surface area contributed by atoms with Crippen LogP contribution in [-0.2, 0) is 11.3 Å². The topological polar surface area (TPSA) is 116 Å². The minimum Gasteiger partial charge on any atom is -0.453 e. The minimum atomic E-state index is -0.546.